The van der Waals surface area contributed by atoms with Gasteiger partial charge in [-0.25, -0.2) is 9.97 Å². The molecule has 6 heteroatoms. The van der Waals surface area contributed by atoms with Crippen LogP contribution in [0, 0.1) is 10.5 Å². The number of hydrogen-bond acceptors (Lipinski definition) is 3. The van der Waals surface area contributed by atoms with E-state index in [0.29, 0.717) is 16.2 Å². The molecule has 0 bridgehead atoms. The van der Waals surface area contributed by atoms with Crippen molar-refractivity contribution in [2.24, 2.45) is 0 Å². The summed E-state index contributed by atoms with van der Waals surface area (Å²) in [5, 5.41) is 0. The van der Waals surface area contributed by atoms with Crippen LogP contribution >= 0.6 is 22.6 Å². The molecule has 0 aliphatic heterocycles. The van der Waals surface area contributed by atoms with E-state index >= 15 is 0 Å². The lowest BCUT2D eigenvalue weighted by Crippen LogP contribution is -2.25. The third-order valence-corrected chi connectivity index (χ3v) is 4.03. The van der Waals surface area contributed by atoms with Crippen molar-refractivity contribution in [2.75, 3.05) is 0 Å². The van der Waals surface area contributed by atoms with Gasteiger partial charge < -0.3 is 4.57 Å². The molecule has 0 unspecified atom stereocenters. The fourth-order valence-corrected chi connectivity index (χ4v) is 2.20. The Hall–Kier alpha value is -1.18. The minimum atomic E-state index is -0.000365. The van der Waals surface area contributed by atoms with Crippen LogP contribution in [0.5, 0.6) is 0 Å². The quantitative estimate of drug-likeness (QED) is 0.789. The highest BCUT2D eigenvalue weighted by molar-refractivity contribution is 14.1. The first-order valence-corrected chi connectivity index (χ1v) is 6.81. The highest BCUT2D eigenvalue weighted by Crippen LogP contribution is 2.10. The molecule has 0 amide bonds. The van der Waals surface area contributed by atoms with E-state index in [1.165, 1.54) is 0 Å². The summed E-state index contributed by atoms with van der Waals surface area (Å²) in [6, 6.07) is 0.329. The Morgan fingerprint density at radius 3 is 2.78 bits per heavy atom. The van der Waals surface area contributed by atoms with E-state index in [0.717, 1.165) is 11.4 Å². The molecule has 0 aromatic carbocycles. The summed E-state index contributed by atoms with van der Waals surface area (Å²) in [5.41, 5.74) is 1.78. The first-order valence-electron chi connectivity index (χ1n) is 5.73. The fourth-order valence-electron chi connectivity index (χ4n) is 1.75. The van der Waals surface area contributed by atoms with Gasteiger partial charge in [0.1, 0.15) is 0 Å². The summed E-state index contributed by atoms with van der Waals surface area (Å²) in [7, 11) is 0. The van der Waals surface area contributed by atoms with Gasteiger partial charge in [0.05, 0.1) is 34.2 Å². The summed E-state index contributed by atoms with van der Waals surface area (Å²) in [5.74, 6) is 0. The Labute approximate surface area is 119 Å². The second-order valence-corrected chi connectivity index (χ2v) is 5.54. The maximum atomic E-state index is 12.1. The lowest BCUT2D eigenvalue weighted by Gasteiger charge is -2.13. The highest BCUT2D eigenvalue weighted by atomic mass is 127. The Balaban J connectivity index is 2.38. The van der Waals surface area contributed by atoms with Crippen LogP contribution in [0.2, 0.25) is 0 Å². The summed E-state index contributed by atoms with van der Waals surface area (Å²) in [4.78, 5) is 20.4. The van der Waals surface area contributed by atoms with Crippen LogP contribution in [0.4, 0.5) is 0 Å². The van der Waals surface area contributed by atoms with E-state index in [2.05, 4.69) is 28.4 Å². The van der Waals surface area contributed by atoms with Gasteiger partial charge in [0.15, 0.2) is 0 Å². The molecule has 5 nitrogen and oxygen atoms in total. The van der Waals surface area contributed by atoms with Crippen molar-refractivity contribution >= 4 is 22.6 Å². The molecule has 0 N–H and O–H groups in total. The Morgan fingerprint density at radius 2 is 2.11 bits per heavy atom. The number of imidazole rings is 1. The van der Waals surface area contributed by atoms with Crippen molar-refractivity contribution < 1.29 is 0 Å². The second kappa shape index (κ2) is 5.21. The average Bonchev–Trinajstić information content (AvgIpc) is 2.78. The van der Waals surface area contributed by atoms with E-state index in [9.17, 15) is 4.79 Å². The topological polar surface area (TPSA) is 52.7 Å². The van der Waals surface area contributed by atoms with Gasteiger partial charge in [-0.2, -0.15) is 0 Å². The molecule has 0 saturated heterocycles. The Morgan fingerprint density at radius 1 is 1.39 bits per heavy atom. The molecule has 0 fully saturated rings. The van der Waals surface area contributed by atoms with Crippen LogP contribution in [0.15, 0.2) is 23.6 Å². The minimum absolute atomic E-state index is 0.000365. The van der Waals surface area contributed by atoms with Crippen LogP contribution in [-0.2, 0) is 6.54 Å². The minimum Gasteiger partial charge on any atom is -0.330 e. The number of rotatable bonds is 3. The van der Waals surface area contributed by atoms with Gasteiger partial charge in [0, 0.05) is 12.2 Å². The monoisotopic (exact) mass is 358 g/mol. The molecule has 0 saturated carbocycles. The Kier molecular flexibility index (Phi) is 3.84. The highest BCUT2D eigenvalue weighted by Gasteiger charge is 2.09. The van der Waals surface area contributed by atoms with Gasteiger partial charge in [0.25, 0.3) is 5.56 Å². The zero-order valence-electron chi connectivity index (χ0n) is 10.6. The molecule has 0 aliphatic rings. The van der Waals surface area contributed by atoms with Crippen LogP contribution in [-0.4, -0.2) is 19.1 Å². The molecule has 2 aromatic rings. The molecular formula is C12H15IN4O. The summed E-state index contributed by atoms with van der Waals surface area (Å²) in [6.45, 7) is 6.52. The molecule has 2 aromatic heterocycles. The van der Waals surface area contributed by atoms with Crippen LogP contribution < -0.4 is 5.56 Å². The normalized spacial score (nSPS) is 11.2. The van der Waals surface area contributed by atoms with E-state index in [-0.39, 0.29) is 5.56 Å². The molecule has 0 radical (unpaired) electrons. The molecule has 0 atom stereocenters. The molecule has 18 heavy (non-hydrogen) atoms. The zero-order chi connectivity index (χ0) is 13.3. The van der Waals surface area contributed by atoms with Gasteiger partial charge in [-0.05, 0) is 43.4 Å². The number of hydrogen-bond donors (Lipinski definition) is 0. The third-order valence-electron chi connectivity index (χ3n) is 2.79. The fraction of sp³-hybridized carbons (Fsp3) is 0.417. The van der Waals surface area contributed by atoms with Crippen molar-refractivity contribution in [2.45, 2.75) is 33.4 Å². The number of halogens is 1. The van der Waals surface area contributed by atoms with Crippen LogP contribution in [0.1, 0.15) is 31.3 Å². The third kappa shape index (κ3) is 2.47. The van der Waals surface area contributed by atoms with Gasteiger partial charge >= 0.3 is 0 Å². The first-order chi connectivity index (χ1) is 8.50. The van der Waals surface area contributed by atoms with Crippen molar-refractivity contribution in [1.29, 1.82) is 0 Å². The summed E-state index contributed by atoms with van der Waals surface area (Å²) in [6.07, 6.45) is 5.17. The predicted molar refractivity (Wildman–Crippen MR) is 77.7 cm³/mol. The van der Waals surface area contributed by atoms with Gasteiger partial charge in [0.2, 0.25) is 0 Å². The van der Waals surface area contributed by atoms with Gasteiger partial charge in [-0.3, -0.25) is 9.36 Å². The summed E-state index contributed by atoms with van der Waals surface area (Å²) >= 11 is 2.04. The maximum absolute atomic E-state index is 12.1. The lowest BCUT2D eigenvalue weighted by molar-refractivity contribution is 0.555. The average molecular weight is 358 g/mol. The molecule has 0 spiro atoms. The first kappa shape index (κ1) is 13.3. The number of aryl methyl sites for hydroxylation is 1. The van der Waals surface area contributed by atoms with E-state index in [1.54, 1.807) is 23.4 Å². The SMILES string of the molecule is Cc1ncn(Cc2cncn2C(C)C)c(=O)c1I. The van der Waals surface area contributed by atoms with E-state index < -0.39 is 0 Å². The van der Waals surface area contributed by atoms with Crippen molar-refractivity contribution in [3.05, 3.63) is 44.2 Å². The van der Waals surface area contributed by atoms with Gasteiger partial charge in [-0.1, -0.05) is 0 Å². The summed E-state index contributed by atoms with van der Waals surface area (Å²) < 4.78 is 4.34. The maximum Gasteiger partial charge on any atom is 0.267 e. The lowest BCUT2D eigenvalue weighted by atomic mass is 10.3. The van der Waals surface area contributed by atoms with Crippen molar-refractivity contribution in [1.82, 2.24) is 19.1 Å². The molecule has 2 rings (SSSR count). The molecule has 2 heterocycles. The Bertz CT molecular complexity index is 615. The number of aromatic nitrogens is 4. The number of nitrogens with zero attached hydrogens (tertiary/aromatic N) is 4. The predicted octanol–water partition coefficient (Wildman–Crippen LogP) is 1.98. The molecule has 96 valence electrons. The molecule has 0 aliphatic carbocycles. The standard InChI is InChI=1S/C12H15IN4O/c1-8(2)17-6-14-4-10(17)5-16-7-15-9(3)11(13)12(16)18/h4,6-8H,5H2,1-3H3. The van der Waals surface area contributed by atoms with E-state index in [1.807, 2.05) is 29.5 Å². The van der Waals surface area contributed by atoms with Gasteiger partial charge in [-0.15, -0.1) is 0 Å². The van der Waals surface area contributed by atoms with Crippen molar-refractivity contribution in [3.63, 3.8) is 0 Å². The second-order valence-electron chi connectivity index (χ2n) is 4.46. The van der Waals surface area contributed by atoms with Crippen LogP contribution in [0.3, 0.4) is 0 Å². The smallest absolute Gasteiger partial charge is 0.267 e. The van der Waals surface area contributed by atoms with Crippen LogP contribution in [0.25, 0.3) is 0 Å². The molecular weight excluding hydrogens is 343 g/mol. The largest absolute Gasteiger partial charge is 0.330 e. The van der Waals surface area contributed by atoms with Crippen molar-refractivity contribution in [3.8, 4) is 0 Å². The zero-order valence-corrected chi connectivity index (χ0v) is 12.7. The van der Waals surface area contributed by atoms with E-state index in [4.69, 9.17) is 0 Å².